The molecule has 0 aliphatic carbocycles. The molecule has 20 heavy (non-hydrogen) atoms. The summed E-state index contributed by atoms with van der Waals surface area (Å²) in [5.74, 6) is -0.310. The van der Waals surface area contributed by atoms with Crippen molar-refractivity contribution in [1.29, 1.82) is 0 Å². The third-order valence-corrected chi connectivity index (χ3v) is 4.03. The maximum Gasteiger partial charge on any atom is 0.252 e. The number of hydrogen-bond donors (Lipinski definition) is 1. The van der Waals surface area contributed by atoms with E-state index in [0.29, 0.717) is 10.6 Å². The molecular formula is C13H14Cl4N2O. The second-order valence-electron chi connectivity index (χ2n) is 4.67. The Labute approximate surface area is 138 Å². The molecule has 3 nitrogen and oxygen atoms in total. The van der Waals surface area contributed by atoms with E-state index in [9.17, 15) is 4.79 Å². The Balaban J connectivity index is 2.13. The third kappa shape index (κ3) is 4.15. The molecule has 1 fully saturated rings. The largest absolute Gasteiger partial charge is 0.332 e. The van der Waals surface area contributed by atoms with Gasteiger partial charge >= 0.3 is 0 Å². The van der Waals surface area contributed by atoms with Crippen LogP contribution in [0.3, 0.4) is 0 Å². The molecule has 1 unspecified atom stereocenters. The maximum absolute atomic E-state index is 12.2. The van der Waals surface area contributed by atoms with Gasteiger partial charge in [-0.15, -0.1) is 0 Å². The van der Waals surface area contributed by atoms with Gasteiger partial charge < -0.3 is 5.32 Å². The van der Waals surface area contributed by atoms with Crippen LogP contribution < -0.4 is 5.32 Å². The van der Waals surface area contributed by atoms with Crippen LogP contribution in [-0.2, 0) is 0 Å². The number of carbonyl (C=O) groups is 1. The molecule has 1 N–H and O–H groups in total. The zero-order valence-electron chi connectivity index (χ0n) is 10.6. The fourth-order valence-electron chi connectivity index (χ4n) is 2.22. The zero-order valence-corrected chi connectivity index (χ0v) is 13.6. The molecule has 1 atom stereocenters. The van der Waals surface area contributed by atoms with Crippen molar-refractivity contribution in [3.05, 3.63) is 34.9 Å². The smallest absolute Gasteiger partial charge is 0.252 e. The number of halogens is 4. The van der Waals surface area contributed by atoms with Crippen molar-refractivity contribution in [3.63, 3.8) is 0 Å². The first kappa shape index (κ1) is 16.2. The van der Waals surface area contributed by atoms with Gasteiger partial charge in [0, 0.05) is 23.7 Å². The number of nitrogens with zero attached hydrogens (tertiary/aromatic N) is 1. The summed E-state index contributed by atoms with van der Waals surface area (Å²) < 4.78 is -1.58. The lowest BCUT2D eigenvalue weighted by Crippen LogP contribution is -2.54. The van der Waals surface area contributed by atoms with Crippen molar-refractivity contribution < 1.29 is 4.79 Å². The second kappa shape index (κ2) is 6.71. The van der Waals surface area contributed by atoms with Crippen LogP contribution in [0.4, 0.5) is 0 Å². The van der Waals surface area contributed by atoms with Crippen LogP contribution in [0.2, 0.25) is 5.02 Å². The number of amides is 1. The van der Waals surface area contributed by atoms with Crippen LogP contribution in [0.5, 0.6) is 0 Å². The number of benzene rings is 1. The maximum atomic E-state index is 12.2. The fraction of sp³-hybridized carbons (Fsp3) is 0.462. The summed E-state index contributed by atoms with van der Waals surface area (Å²) in [5, 5.41) is 3.26. The minimum Gasteiger partial charge on any atom is -0.332 e. The van der Waals surface area contributed by atoms with E-state index < -0.39 is 9.96 Å². The first-order valence-corrected chi connectivity index (χ1v) is 7.76. The van der Waals surface area contributed by atoms with E-state index in [-0.39, 0.29) is 5.91 Å². The monoisotopic (exact) mass is 354 g/mol. The van der Waals surface area contributed by atoms with E-state index in [1.165, 1.54) is 0 Å². The zero-order chi connectivity index (χ0) is 14.8. The van der Waals surface area contributed by atoms with Crippen LogP contribution in [-0.4, -0.2) is 33.9 Å². The number of nitrogens with one attached hydrogen (secondary N) is 1. The van der Waals surface area contributed by atoms with E-state index in [1.807, 2.05) is 4.90 Å². The van der Waals surface area contributed by atoms with Crippen LogP contribution in [0.15, 0.2) is 24.3 Å². The van der Waals surface area contributed by atoms with Gasteiger partial charge in [-0.25, -0.2) is 0 Å². The summed E-state index contributed by atoms with van der Waals surface area (Å²) in [7, 11) is 0. The molecular weight excluding hydrogens is 342 g/mol. The summed E-state index contributed by atoms with van der Waals surface area (Å²) >= 11 is 23.8. The van der Waals surface area contributed by atoms with Gasteiger partial charge in [0.05, 0.1) is 0 Å². The molecule has 0 bridgehead atoms. The Morgan fingerprint density at radius 3 is 2.45 bits per heavy atom. The topological polar surface area (TPSA) is 32.3 Å². The Hall–Kier alpha value is -0.190. The first-order chi connectivity index (χ1) is 9.38. The lowest BCUT2D eigenvalue weighted by molar-refractivity contribution is 0.0874. The highest BCUT2D eigenvalue weighted by Gasteiger charge is 2.39. The van der Waals surface area contributed by atoms with Gasteiger partial charge in [-0.3, -0.25) is 9.69 Å². The minimum atomic E-state index is -1.58. The van der Waals surface area contributed by atoms with E-state index in [2.05, 4.69) is 5.32 Å². The highest BCUT2D eigenvalue weighted by Crippen LogP contribution is 2.33. The van der Waals surface area contributed by atoms with Crippen LogP contribution in [0.25, 0.3) is 0 Å². The summed E-state index contributed by atoms with van der Waals surface area (Å²) in [6.07, 6.45) is 1.41. The predicted molar refractivity (Wildman–Crippen MR) is 83.8 cm³/mol. The van der Waals surface area contributed by atoms with Gasteiger partial charge in [-0.05, 0) is 31.0 Å². The molecule has 1 amide bonds. The minimum absolute atomic E-state index is 0.310. The molecule has 1 aliphatic rings. The Kier molecular flexibility index (Phi) is 5.43. The average molecular weight is 356 g/mol. The lowest BCUT2D eigenvalue weighted by atomic mass is 10.2. The van der Waals surface area contributed by atoms with Crippen LogP contribution in [0.1, 0.15) is 23.2 Å². The number of carbonyl (C=O) groups excluding carboxylic acids is 1. The Morgan fingerprint density at radius 1 is 1.25 bits per heavy atom. The van der Waals surface area contributed by atoms with Gasteiger partial charge in [-0.2, -0.15) is 0 Å². The van der Waals surface area contributed by atoms with E-state index in [1.54, 1.807) is 24.3 Å². The molecule has 1 aliphatic heterocycles. The van der Waals surface area contributed by atoms with Gasteiger partial charge in [0.1, 0.15) is 6.17 Å². The standard InChI is InChI=1S/C13H14Cl4N2O/c14-10-5-3-4-9(8-10)11(20)18-12(13(15,16)17)19-6-1-2-7-19/h3-5,8,12H,1-2,6-7H2,(H,18,20). The van der Waals surface area contributed by atoms with Gasteiger partial charge in [0.15, 0.2) is 0 Å². The normalized spacial score (nSPS) is 18.0. The fourth-order valence-corrected chi connectivity index (χ4v) is 2.99. The molecule has 1 aromatic carbocycles. The molecule has 1 saturated heterocycles. The highest BCUT2D eigenvalue weighted by molar-refractivity contribution is 6.68. The van der Waals surface area contributed by atoms with Crippen LogP contribution >= 0.6 is 46.4 Å². The third-order valence-electron chi connectivity index (χ3n) is 3.17. The molecule has 2 rings (SSSR count). The summed E-state index contributed by atoms with van der Waals surface area (Å²) in [4.78, 5) is 14.2. The highest BCUT2D eigenvalue weighted by atomic mass is 35.6. The molecule has 7 heteroatoms. The molecule has 0 spiro atoms. The Bertz CT molecular complexity index is 484. The number of hydrogen-bond acceptors (Lipinski definition) is 2. The predicted octanol–water partition coefficient (Wildman–Crippen LogP) is 3.86. The SMILES string of the molecule is O=C(NC(N1CCCC1)C(Cl)(Cl)Cl)c1cccc(Cl)c1. The van der Waals surface area contributed by atoms with Gasteiger partial charge in [0.2, 0.25) is 3.79 Å². The molecule has 1 heterocycles. The quantitative estimate of drug-likeness (QED) is 0.835. The van der Waals surface area contributed by atoms with Crippen molar-refractivity contribution in [1.82, 2.24) is 10.2 Å². The lowest BCUT2D eigenvalue weighted by Gasteiger charge is -2.33. The van der Waals surface area contributed by atoms with E-state index >= 15 is 0 Å². The van der Waals surface area contributed by atoms with Crippen LogP contribution in [0, 0.1) is 0 Å². The number of likely N-dealkylation sites (tertiary alicyclic amines) is 1. The molecule has 0 aromatic heterocycles. The Morgan fingerprint density at radius 2 is 1.90 bits per heavy atom. The summed E-state index contributed by atoms with van der Waals surface area (Å²) in [6.45, 7) is 1.60. The second-order valence-corrected chi connectivity index (χ2v) is 7.48. The molecule has 110 valence electrons. The molecule has 1 aromatic rings. The number of alkyl halides is 3. The van der Waals surface area contributed by atoms with Crippen molar-refractivity contribution in [2.75, 3.05) is 13.1 Å². The van der Waals surface area contributed by atoms with Crippen molar-refractivity contribution in [3.8, 4) is 0 Å². The van der Waals surface area contributed by atoms with Crippen molar-refractivity contribution in [2.24, 2.45) is 0 Å². The van der Waals surface area contributed by atoms with Gasteiger partial charge in [-0.1, -0.05) is 52.5 Å². The number of rotatable bonds is 3. The average Bonchev–Trinajstić information content (AvgIpc) is 2.87. The summed E-state index contributed by atoms with van der Waals surface area (Å²) in [5.41, 5.74) is 0.441. The molecule has 0 radical (unpaired) electrons. The van der Waals surface area contributed by atoms with E-state index in [0.717, 1.165) is 25.9 Å². The van der Waals surface area contributed by atoms with E-state index in [4.69, 9.17) is 46.4 Å². The summed E-state index contributed by atoms with van der Waals surface area (Å²) in [6, 6.07) is 6.65. The van der Waals surface area contributed by atoms with Gasteiger partial charge in [0.25, 0.3) is 5.91 Å². The molecule has 0 saturated carbocycles. The van der Waals surface area contributed by atoms with Crippen molar-refractivity contribution in [2.45, 2.75) is 22.8 Å². The first-order valence-electron chi connectivity index (χ1n) is 6.25. The van der Waals surface area contributed by atoms with Crippen molar-refractivity contribution >= 4 is 52.3 Å².